The molecule has 0 atom stereocenters. The molecule has 0 saturated carbocycles. The number of aryl methyl sites for hydroxylation is 1. The van der Waals surface area contributed by atoms with Crippen molar-refractivity contribution < 1.29 is 13.3 Å². The molecule has 0 aliphatic heterocycles. The first kappa shape index (κ1) is 14.3. The van der Waals surface area contributed by atoms with E-state index in [-0.39, 0.29) is 16.1 Å². The summed E-state index contributed by atoms with van der Waals surface area (Å²) in [4.78, 5) is 10.6. The quantitative estimate of drug-likeness (QED) is 0.549. The zero-order valence-corrected chi connectivity index (χ0v) is 12.4. The second kappa shape index (κ2) is 4.96. The Balaban J connectivity index is 2.30. The minimum absolute atomic E-state index is 0.0914. The Kier molecular flexibility index (Phi) is 3.22. The van der Waals surface area contributed by atoms with Crippen LogP contribution in [0.25, 0.3) is 10.9 Å². The molecule has 1 aromatic heterocycles. The number of benzene rings is 2. The second-order valence-electron chi connectivity index (χ2n) is 4.90. The highest BCUT2D eigenvalue weighted by Crippen LogP contribution is 2.30. The Morgan fingerprint density at radius 3 is 2.32 bits per heavy atom. The fraction of sp³-hybridized carbons (Fsp3) is 0.0667. The zero-order chi connectivity index (χ0) is 15.9. The lowest BCUT2D eigenvalue weighted by Crippen LogP contribution is -2.11. The van der Waals surface area contributed by atoms with Gasteiger partial charge in [-0.05, 0) is 31.2 Å². The molecule has 0 aliphatic carbocycles. The highest BCUT2D eigenvalue weighted by Gasteiger charge is 2.25. The molecule has 0 aliphatic rings. The molecule has 0 saturated heterocycles. The maximum Gasteiger partial charge on any atom is 0.295 e. The van der Waals surface area contributed by atoms with Crippen molar-refractivity contribution in [2.45, 2.75) is 11.8 Å². The van der Waals surface area contributed by atoms with Crippen LogP contribution in [0, 0.1) is 17.0 Å². The standard InChI is InChI=1S/C15H12N2O4S/c1-11-6-8-12(9-7-11)22(20,21)16-10-15(17(18)19)13-4-2-3-5-14(13)16/h2-10H,1H3. The summed E-state index contributed by atoms with van der Waals surface area (Å²) >= 11 is 0. The lowest BCUT2D eigenvalue weighted by Gasteiger charge is -2.07. The summed E-state index contributed by atoms with van der Waals surface area (Å²) in [5.41, 5.74) is 0.989. The van der Waals surface area contributed by atoms with Gasteiger partial charge in [0.2, 0.25) is 0 Å². The largest absolute Gasteiger partial charge is 0.295 e. The SMILES string of the molecule is Cc1ccc(S(=O)(=O)n2cc([N+](=O)[O-])c3ccccc32)cc1. The minimum Gasteiger partial charge on any atom is -0.258 e. The van der Waals surface area contributed by atoms with Crippen molar-refractivity contribution in [3.63, 3.8) is 0 Å². The number of aromatic nitrogens is 1. The van der Waals surface area contributed by atoms with Crippen LogP contribution in [-0.4, -0.2) is 17.3 Å². The molecule has 7 heteroatoms. The summed E-state index contributed by atoms with van der Waals surface area (Å²) in [7, 11) is -3.88. The minimum atomic E-state index is -3.88. The van der Waals surface area contributed by atoms with Crippen LogP contribution in [0.2, 0.25) is 0 Å². The van der Waals surface area contributed by atoms with Crippen molar-refractivity contribution in [3.8, 4) is 0 Å². The average molecular weight is 316 g/mol. The van der Waals surface area contributed by atoms with Crippen LogP contribution < -0.4 is 0 Å². The van der Waals surface area contributed by atoms with Crippen molar-refractivity contribution in [1.29, 1.82) is 0 Å². The van der Waals surface area contributed by atoms with Crippen LogP contribution in [0.1, 0.15) is 5.56 Å². The molecule has 0 bridgehead atoms. The molecule has 2 aromatic carbocycles. The third-order valence-corrected chi connectivity index (χ3v) is 5.12. The first-order valence-electron chi connectivity index (χ1n) is 6.48. The summed E-state index contributed by atoms with van der Waals surface area (Å²) < 4.78 is 26.4. The van der Waals surface area contributed by atoms with Gasteiger partial charge in [0.05, 0.1) is 26.9 Å². The Morgan fingerprint density at radius 2 is 1.68 bits per heavy atom. The molecule has 22 heavy (non-hydrogen) atoms. The molecule has 0 unspecified atom stereocenters. The fourth-order valence-corrected chi connectivity index (χ4v) is 3.66. The fourth-order valence-electron chi connectivity index (χ4n) is 2.30. The molecule has 0 N–H and O–H groups in total. The number of nitrogens with zero attached hydrogens (tertiary/aromatic N) is 2. The van der Waals surface area contributed by atoms with Crippen LogP contribution in [0.5, 0.6) is 0 Å². The molecular formula is C15H12N2O4S. The van der Waals surface area contributed by atoms with Gasteiger partial charge in [-0.2, -0.15) is 0 Å². The van der Waals surface area contributed by atoms with Crippen LogP contribution in [0.4, 0.5) is 5.69 Å². The van der Waals surface area contributed by atoms with Crippen molar-refractivity contribution in [2.24, 2.45) is 0 Å². The number of fused-ring (bicyclic) bond motifs is 1. The molecule has 112 valence electrons. The molecule has 3 aromatic rings. The van der Waals surface area contributed by atoms with Gasteiger partial charge in [-0.3, -0.25) is 10.1 Å². The zero-order valence-electron chi connectivity index (χ0n) is 11.6. The summed E-state index contributed by atoms with van der Waals surface area (Å²) in [5.74, 6) is 0. The third-order valence-electron chi connectivity index (χ3n) is 3.43. The van der Waals surface area contributed by atoms with E-state index < -0.39 is 14.9 Å². The summed E-state index contributed by atoms with van der Waals surface area (Å²) in [6.07, 6.45) is 1.06. The number of nitro groups is 1. The van der Waals surface area contributed by atoms with Crippen molar-refractivity contribution in [2.75, 3.05) is 0 Å². The number of rotatable bonds is 3. The van der Waals surface area contributed by atoms with Gasteiger partial charge < -0.3 is 0 Å². The lowest BCUT2D eigenvalue weighted by molar-refractivity contribution is -0.383. The smallest absolute Gasteiger partial charge is 0.258 e. The Bertz CT molecular complexity index is 972. The average Bonchev–Trinajstić information content (AvgIpc) is 2.88. The van der Waals surface area contributed by atoms with Gasteiger partial charge in [0.1, 0.15) is 0 Å². The topological polar surface area (TPSA) is 82.2 Å². The van der Waals surface area contributed by atoms with E-state index >= 15 is 0 Å². The van der Waals surface area contributed by atoms with Crippen molar-refractivity contribution in [3.05, 3.63) is 70.4 Å². The van der Waals surface area contributed by atoms with Crippen LogP contribution in [0.3, 0.4) is 0 Å². The van der Waals surface area contributed by atoms with Gasteiger partial charge >= 0.3 is 0 Å². The third kappa shape index (κ3) is 2.15. The first-order valence-corrected chi connectivity index (χ1v) is 7.92. The number of para-hydroxylation sites is 1. The maximum atomic E-state index is 12.7. The second-order valence-corrected chi connectivity index (χ2v) is 6.72. The van der Waals surface area contributed by atoms with Crippen molar-refractivity contribution >= 4 is 26.6 Å². The van der Waals surface area contributed by atoms with Crippen LogP contribution >= 0.6 is 0 Å². The maximum absolute atomic E-state index is 12.7. The van der Waals surface area contributed by atoms with E-state index in [1.807, 2.05) is 6.92 Å². The van der Waals surface area contributed by atoms with E-state index in [1.54, 1.807) is 30.3 Å². The molecule has 0 amide bonds. The van der Waals surface area contributed by atoms with Crippen LogP contribution in [0.15, 0.2) is 59.6 Å². The Morgan fingerprint density at radius 1 is 1.05 bits per heavy atom. The van der Waals surface area contributed by atoms with Gasteiger partial charge in [-0.15, -0.1) is 0 Å². The monoisotopic (exact) mass is 316 g/mol. The molecule has 1 heterocycles. The predicted octanol–water partition coefficient (Wildman–Crippen LogP) is 3.09. The molecular weight excluding hydrogens is 304 g/mol. The molecule has 0 radical (unpaired) electrons. The molecule has 0 fully saturated rings. The molecule has 0 spiro atoms. The number of hydrogen-bond donors (Lipinski definition) is 0. The highest BCUT2D eigenvalue weighted by atomic mass is 32.2. The first-order chi connectivity index (χ1) is 10.4. The van der Waals surface area contributed by atoms with E-state index in [0.29, 0.717) is 5.39 Å². The van der Waals surface area contributed by atoms with Gasteiger partial charge in [0.25, 0.3) is 15.7 Å². The summed E-state index contributed by atoms with van der Waals surface area (Å²) in [6, 6.07) is 12.7. The van der Waals surface area contributed by atoms with E-state index in [0.717, 1.165) is 15.7 Å². The van der Waals surface area contributed by atoms with Gasteiger partial charge in [0, 0.05) is 0 Å². The van der Waals surface area contributed by atoms with Crippen molar-refractivity contribution in [1.82, 2.24) is 3.97 Å². The van der Waals surface area contributed by atoms with Gasteiger partial charge in [0.15, 0.2) is 0 Å². The molecule has 6 nitrogen and oxygen atoms in total. The summed E-state index contributed by atoms with van der Waals surface area (Å²) in [5, 5.41) is 11.4. The Labute approximate surface area is 126 Å². The number of hydrogen-bond acceptors (Lipinski definition) is 4. The lowest BCUT2D eigenvalue weighted by atomic mass is 10.2. The van der Waals surface area contributed by atoms with E-state index in [9.17, 15) is 18.5 Å². The predicted molar refractivity (Wildman–Crippen MR) is 82.4 cm³/mol. The van der Waals surface area contributed by atoms with Gasteiger partial charge in [-0.1, -0.05) is 29.8 Å². The van der Waals surface area contributed by atoms with Gasteiger partial charge in [-0.25, -0.2) is 12.4 Å². The van der Waals surface area contributed by atoms with E-state index in [4.69, 9.17) is 0 Å². The molecule has 3 rings (SSSR count). The normalized spacial score (nSPS) is 11.7. The highest BCUT2D eigenvalue weighted by molar-refractivity contribution is 7.90. The summed E-state index contributed by atoms with van der Waals surface area (Å²) in [6.45, 7) is 1.85. The Hall–Kier alpha value is -2.67. The van der Waals surface area contributed by atoms with E-state index in [2.05, 4.69) is 0 Å². The van der Waals surface area contributed by atoms with E-state index in [1.165, 1.54) is 18.2 Å². The van der Waals surface area contributed by atoms with Crippen LogP contribution in [-0.2, 0) is 10.0 Å².